The predicted molar refractivity (Wildman–Crippen MR) is 68.1 cm³/mol. The Bertz CT molecular complexity index is 399. The number of furan rings is 1. The van der Waals surface area contributed by atoms with Gasteiger partial charge in [0.25, 0.3) is 0 Å². The Morgan fingerprint density at radius 3 is 3.06 bits per heavy atom. The summed E-state index contributed by atoms with van der Waals surface area (Å²) >= 11 is 0. The van der Waals surface area contributed by atoms with Gasteiger partial charge in [-0.15, -0.1) is 0 Å². The molecular weight excluding hydrogens is 230 g/mol. The molecule has 0 aliphatic carbocycles. The van der Waals surface area contributed by atoms with Crippen LogP contribution in [0.25, 0.3) is 0 Å². The Balaban J connectivity index is 1.88. The van der Waals surface area contributed by atoms with E-state index >= 15 is 0 Å². The first kappa shape index (κ1) is 13.1. The van der Waals surface area contributed by atoms with Gasteiger partial charge in [0.15, 0.2) is 0 Å². The standard InChI is InChI=1S/C14H21NO3/c1-3-17-14(16)12-5-4-8-15(9-12)10-13-7-6-11(2)18-13/h6-7,12H,3-5,8-10H2,1-2H3/t12-/m0/s1. The minimum Gasteiger partial charge on any atom is -0.466 e. The number of rotatable bonds is 4. The van der Waals surface area contributed by atoms with Crippen molar-refractivity contribution in [1.82, 2.24) is 4.90 Å². The summed E-state index contributed by atoms with van der Waals surface area (Å²) in [5.74, 6) is 1.87. The molecule has 0 N–H and O–H groups in total. The summed E-state index contributed by atoms with van der Waals surface area (Å²) in [6, 6.07) is 3.98. The van der Waals surface area contributed by atoms with Gasteiger partial charge in [0.2, 0.25) is 0 Å². The molecule has 2 heterocycles. The zero-order valence-electron chi connectivity index (χ0n) is 11.1. The van der Waals surface area contributed by atoms with E-state index in [9.17, 15) is 4.79 Å². The Hall–Kier alpha value is -1.29. The van der Waals surface area contributed by atoms with Gasteiger partial charge in [0.1, 0.15) is 11.5 Å². The van der Waals surface area contributed by atoms with E-state index in [1.165, 1.54) is 0 Å². The third-order valence-electron chi connectivity index (χ3n) is 3.30. The molecule has 1 aliphatic heterocycles. The van der Waals surface area contributed by atoms with Crippen molar-refractivity contribution in [2.24, 2.45) is 5.92 Å². The second-order valence-corrected chi connectivity index (χ2v) is 4.84. The van der Waals surface area contributed by atoms with Gasteiger partial charge in [-0.05, 0) is 45.4 Å². The second-order valence-electron chi connectivity index (χ2n) is 4.84. The molecule has 1 aliphatic rings. The molecule has 100 valence electrons. The number of hydrogen-bond acceptors (Lipinski definition) is 4. The molecule has 1 fully saturated rings. The van der Waals surface area contributed by atoms with Crippen molar-refractivity contribution in [2.45, 2.75) is 33.2 Å². The first-order valence-corrected chi connectivity index (χ1v) is 6.63. The summed E-state index contributed by atoms with van der Waals surface area (Å²) in [5.41, 5.74) is 0. The van der Waals surface area contributed by atoms with Crippen LogP contribution in [0.5, 0.6) is 0 Å². The number of nitrogens with zero attached hydrogens (tertiary/aromatic N) is 1. The van der Waals surface area contributed by atoms with Crippen molar-refractivity contribution in [3.8, 4) is 0 Å². The number of carbonyl (C=O) groups is 1. The molecule has 4 nitrogen and oxygen atoms in total. The summed E-state index contributed by atoms with van der Waals surface area (Å²) in [6.45, 7) is 6.84. The molecule has 0 radical (unpaired) electrons. The quantitative estimate of drug-likeness (QED) is 0.770. The Kier molecular flexibility index (Phi) is 4.42. The van der Waals surface area contributed by atoms with E-state index < -0.39 is 0 Å². The van der Waals surface area contributed by atoms with Crippen molar-refractivity contribution >= 4 is 5.97 Å². The van der Waals surface area contributed by atoms with E-state index in [1.54, 1.807) is 0 Å². The largest absolute Gasteiger partial charge is 0.466 e. The molecule has 1 aromatic heterocycles. The number of piperidine rings is 1. The molecule has 0 aromatic carbocycles. The van der Waals surface area contributed by atoms with Gasteiger partial charge in [-0.2, -0.15) is 0 Å². The van der Waals surface area contributed by atoms with Crippen molar-refractivity contribution < 1.29 is 13.9 Å². The Labute approximate surface area is 108 Å². The lowest BCUT2D eigenvalue weighted by molar-refractivity contribution is -0.150. The summed E-state index contributed by atoms with van der Waals surface area (Å²) < 4.78 is 10.7. The lowest BCUT2D eigenvalue weighted by Crippen LogP contribution is -2.38. The van der Waals surface area contributed by atoms with E-state index in [-0.39, 0.29) is 11.9 Å². The minimum absolute atomic E-state index is 0.0229. The average Bonchev–Trinajstić information content (AvgIpc) is 2.75. The molecule has 1 aromatic rings. The van der Waals surface area contributed by atoms with Crippen LogP contribution < -0.4 is 0 Å². The lowest BCUT2D eigenvalue weighted by Gasteiger charge is -2.30. The zero-order chi connectivity index (χ0) is 13.0. The normalized spacial score (nSPS) is 20.9. The molecule has 0 bridgehead atoms. The molecular formula is C14H21NO3. The van der Waals surface area contributed by atoms with Crippen molar-refractivity contribution in [3.05, 3.63) is 23.7 Å². The highest BCUT2D eigenvalue weighted by Gasteiger charge is 2.27. The monoisotopic (exact) mass is 251 g/mol. The second kappa shape index (κ2) is 6.05. The summed E-state index contributed by atoms with van der Waals surface area (Å²) in [4.78, 5) is 14.0. The molecule has 18 heavy (non-hydrogen) atoms. The fraction of sp³-hybridized carbons (Fsp3) is 0.643. The van der Waals surface area contributed by atoms with Gasteiger partial charge >= 0.3 is 5.97 Å². The van der Waals surface area contributed by atoms with Gasteiger partial charge < -0.3 is 9.15 Å². The third-order valence-corrected chi connectivity index (χ3v) is 3.30. The highest BCUT2D eigenvalue weighted by atomic mass is 16.5. The number of likely N-dealkylation sites (tertiary alicyclic amines) is 1. The summed E-state index contributed by atoms with van der Waals surface area (Å²) in [7, 11) is 0. The molecule has 0 amide bonds. The third kappa shape index (κ3) is 3.35. The molecule has 2 rings (SSSR count). The van der Waals surface area contributed by atoms with Gasteiger partial charge in [-0.3, -0.25) is 9.69 Å². The number of esters is 1. The van der Waals surface area contributed by atoms with Crippen LogP contribution in [0.1, 0.15) is 31.3 Å². The van der Waals surface area contributed by atoms with Crippen molar-refractivity contribution in [3.63, 3.8) is 0 Å². The smallest absolute Gasteiger partial charge is 0.310 e. The molecule has 0 saturated carbocycles. The average molecular weight is 251 g/mol. The molecule has 1 saturated heterocycles. The topological polar surface area (TPSA) is 42.7 Å². The number of ether oxygens (including phenoxy) is 1. The minimum atomic E-state index is -0.0576. The van der Waals surface area contributed by atoms with Crippen molar-refractivity contribution in [1.29, 1.82) is 0 Å². The maximum absolute atomic E-state index is 11.7. The fourth-order valence-electron chi connectivity index (χ4n) is 2.44. The van der Waals surface area contributed by atoms with E-state index in [4.69, 9.17) is 9.15 Å². The van der Waals surface area contributed by atoms with E-state index in [0.29, 0.717) is 6.61 Å². The van der Waals surface area contributed by atoms with Crippen LogP contribution in [0.4, 0.5) is 0 Å². The maximum Gasteiger partial charge on any atom is 0.310 e. The molecule has 0 spiro atoms. The number of aryl methyl sites for hydroxylation is 1. The van der Waals surface area contributed by atoms with Crippen LogP contribution in [-0.4, -0.2) is 30.6 Å². The van der Waals surface area contributed by atoms with Crippen LogP contribution in [0.2, 0.25) is 0 Å². The highest BCUT2D eigenvalue weighted by Crippen LogP contribution is 2.20. The van der Waals surface area contributed by atoms with Crippen LogP contribution in [0.15, 0.2) is 16.5 Å². The Morgan fingerprint density at radius 2 is 2.39 bits per heavy atom. The van der Waals surface area contributed by atoms with E-state index in [0.717, 1.165) is 44.0 Å². The zero-order valence-corrected chi connectivity index (χ0v) is 11.1. The fourth-order valence-corrected chi connectivity index (χ4v) is 2.44. The van der Waals surface area contributed by atoms with Crippen LogP contribution in [-0.2, 0) is 16.1 Å². The van der Waals surface area contributed by atoms with Gasteiger partial charge in [0, 0.05) is 6.54 Å². The molecule has 0 unspecified atom stereocenters. The number of carbonyl (C=O) groups excluding carboxylic acids is 1. The van der Waals surface area contributed by atoms with Gasteiger partial charge in [-0.1, -0.05) is 0 Å². The summed E-state index contributed by atoms with van der Waals surface area (Å²) in [5, 5.41) is 0. The van der Waals surface area contributed by atoms with Crippen LogP contribution in [0, 0.1) is 12.8 Å². The van der Waals surface area contributed by atoms with E-state index in [2.05, 4.69) is 4.90 Å². The molecule has 4 heteroatoms. The first-order chi connectivity index (χ1) is 8.69. The van der Waals surface area contributed by atoms with Crippen molar-refractivity contribution in [2.75, 3.05) is 19.7 Å². The lowest BCUT2D eigenvalue weighted by atomic mass is 9.98. The van der Waals surface area contributed by atoms with Gasteiger partial charge in [0.05, 0.1) is 19.1 Å². The van der Waals surface area contributed by atoms with Gasteiger partial charge in [-0.25, -0.2) is 0 Å². The summed E-state index contributed by atoms with van der Waals surface area (Å²) in [6.07, 6.45) is 1.98. The Morgan fingerprint density at radius 1 is 1.56 bits per heavy atom. The predicted octanol–water partition coefficient (Wildman–Crippen LogP) is 2.36. The number of hydrogen-bond donors (Lipinski definition) is 0. The highest BCUT2D eigenvalue weighted by molar-refractivity contribution is 5.72. The first-order valence-electron chi connectivity index (χ1n) is 6.63. The van der Waals surface area contributed by atoms with E-state index in [1.807, 2.05) is 26.0 Å². The van der Waals surface area contributed by atoms with Crippen LogP contribution >= 0.6 is 0 Å². The SMILES string of the molecule is CCOC(=O)[C@H]1CCCN(Cc2ccc(C)o2)C1. The maximum atomic E-state index is 11.7. The molecule has 1 atom stereocenters. The van der Waals surface area contributed by atoms with Crippen LogP contribution in [0.3, 0.4) is 0 Å².